The molecule has 3 unspecified atom stereocenters. The Morgan fingerprint density at radius 2 is 2.10 bits per heavy atom. The zero-order valence-electron chi connectivity index (χ0n) is 11.5. The van der Waals surface area contributed by atoms with Crippen LogP contribution in [0.2, 0.25) is 0 Å². The molecule has 5 heteroatoms. The molecule has 20 heavy (non-hydrogen) atoms. The van der Waals surface area contributed by atoms with Crippen LogP contribution < -0.4 is 5.73 Å². The van der Waals surface area contributed by atoms with Gasteiger partial charge in [0.05, 0.1) is 5.56 Å². The van der Waals surface area contributed by atoms with Gasteiger partial charge in [-0.05, 0) is 65.2 Å². The summed E-state index contributed by atoms with van der Waals surface area (Å²) in [6, 6.07) is 6.18. The molecule has 0 radical (unpaired) electrons. The predicted octanol–water partition coefficient (Wildman–Crippen LogP) is 2.99. The van der Waals surface area contributed by atoms with E-state index >= 15 is 0 Å². The number of aryl methyl sites for hydroxylation is 1. The van der Waals surface area contributed by atoms with Crippen LogP contribution in [0.3, 0.4) is 0 Å². The lowest BCUT2D eigenvalue weighted by Crippen LogP contribution is -2.33. The van der Waals surface area contributed by atoms with Crippen molar-refractivity contribution in [1.29, 1.82) is 0 Å². The Bertz CT molecular complexity index is 523. The second-order valence-corrected chi connectivity index (χ2v) is 6.71. The van der Waals surface area contributed by atoms with Crippen molar-refractivity contribution in [3.05, 3.63) is 33.8 Å². The van der Waals surface area contributed by atoms with Gasteiger partial charge in [-0.1, -0.05) is 6.07 Å². The van der Waals surface area contributed by atoms with Crippen molar-refractivity contribution in [1.82, 2.24) is 4.90 Å². The van der Waals surface area contributed by atoms with E-state index in [0.29, 0.717) is 11.8 Å². The molecule has 0 bridgehead atoms. The average molecular weight is 360 g/mol. The standard InChI is InChI=1S/C15H19BrN2O.ClH/c1-9-2-4-11(13(16)6-9)15(19)18-7-10-3-5-14(17)12(10)8-18;/h2,4,6,10,12,14H,3,5,7-8,17H2,1H3;1H. The van der Waals surface area contributed by atoms with Crippen LogP contribution in [0, 0.1) is 18.8 Å². The summed E-state index contributed by atoms with van der Waals surface area (Å²) >= 11 is 3.50. The Labute approximate surface area is 134 Å². The maximum absolute atomic E-state index is 12.6. The molecule has 1 aliphatic heterocycles. The van der Waals surface area contributed by atoms with E-state index in [0.717, 1.165) is 35.1 Å². The number of amides is 1. The number of nitrogens with two attached hydrogens (primary N) is 1. The molecule has 3 nitrogen and oxygen atoms in total. The van der Waals surface area contributed by atoms with Crippen LogP contribution in [0.15, 0.2) is 22.7 Å². The lowest BCUT2D eigenvalue weighted by atomic mass is 9.98. The highest BCUT2D eigenvalue weighted by molar-refractivity contribution is 9.10. The van der Waals surface area contributed by atoms with E-state index < -0.39 is 0 Å². The van der Waals surface area contributed by atoms with Crippen LogP contribution in [0.1, 0.15) is 28.8 Å². The van der Waals surface area contributed by atoms with Crippen molar-refractivity contribution in [3.63, 3.8) is 0 Å². The van der Waals surface area contributed by atoms with Gasteiger partial charge in [0.2, 0.25) is 0 Å². The predicted molar refractivity (Wildman–Crippen MR) is 86.2 cm³/mol. The van der Waals surface area contributed by atoms with Crippen molar-refractivity contribution in [2.75, 3.05) is 13.1 Å². The molecule has 2 fully saturated rings. The highest BCUT2D eigenvalue weighted by Crippen LogP contribution is 2.38. The van der Waals surface area contributed by atoms with Crippen LogP contribution in [0.4, 0.5) is 0 Å². The van der Waals surface area contributed by atoms with Crippen LogP contribution in [-0.4, -0.2) is 29.9 Å². The highest BCUT2D eigenvalue weighted by Gasteiger charge is 2.42. The summed E-state index contributed by atoms with van der Waals surface area (Å²) in [7, 11) is 0. The Balaban J connectivity index is 0.00000147. The van der Waals surface area contributed by atoms with Gasteiger partial charge in [0.25, 0.3) is 5.91 Å². The van der Waals surface area contributed by atoms with Crippen LogP contribution >= 0.6 is 28.3 Å². The van der Waals surface area contributed by atoms with Crippen molar-refractivity contribution in [3.8, 4) is 0 Å². The van der Waals surface area contributed by atoms with E-state index in [1.807, 2.05) is 30.0 Å². The largest absolute Gasteiger partial charge is 0.338 e. The number of halogens is 2. The molecule has 1 aromatic rings. The maximum Gasteiger partial charge on any atom is 0.255 e. The first-order valence-corrected chi connectivity index (χ1v) is 7.66. The van der Waals surface area contributed by atoms with Gasteiger partial charge in [-0.3, -0.25) is 4.79 Å². The Morgan fingerprint density at radius 3 is 2.75 bits per heavy atom. The molecule has 1 aliphatic carbocycles. The Morgan fingerprint density at radius 1 is 1.35 bits per heavy atom. The zero-order chi connectivity index (χ0) is 13.6. The number of nitrogens with zero attached hydrogens (tertiary/aromatic N) is 1. The fourth-order valence-corrected chi connectivity index (χ4v) is 4.10. The third-order valence-electron chi connectivity index (χ3n) is 4.55. The third kappa shape index (κ3) is 2.74. The first-order chi connectivity index (χ1) is 9.06. The van der Waals surface area contributed by atoms with E-state index in [4.69, 9.17) is 5.73 Å². The smallest absolute Gasteiger partial charge is 0.255 e. The second-order valence-electron chi connectivity index (χ2n) is 5.86. The molecular weight excluding hydrogens is 340 g/mol. The van der Waals surface area contributed by atoms with Gasteiger partial charge in [-0.15, -0.1) is 12.4 Å². The molecule has 2 aliphatic rings. The summed E-state index contributed by atoms with van der Waals surface area (Å²) in [5.74, 6) is 1.25. The van der Waals surface area contributed by atoms with Crippen LogP contribution in [-0.2, 0) is 0 Å². The minimum atomic E-state index is 0. The first kappa shape index (κ1) is 15.8. The molecule has 1 heterocycles. The van der Waals surface area contributed by atoms with Crippen LogP contribution in [0.5, 0.6) is 0 Å². The van der Waals surface area contributed by atoms with Crippen molar-refractivity contribution in [2.24, 2.45) is 17.6 Å². The normalized spacial score (nSPS) is 28.1. The van der Waals surface area contributed by atoms with Crippen molar-refractivity contribution in [2.45, 2.75) is 25.8 Å². The molecule has 3 atom stereocenters. The number of rotatable bonds is 1. The quantitative estimate of drug-likeness (QED) is 0.838. The fraction of sp³-hybridized carbons (Fsp3) is 0.533. The van der Waals surface area contributed by atoms with E-state index in [9.17, 15) is 4.79 Å². The van der Waals surface area contributed by atoms with Crippen molar-refractivity contribution < 1.29 is 4.79 Å². The van der Waals surface area contributed by atoms with Gasteiger partial charge in [0, 0.05) is 23.6 Å². The van der Waals surface area contributed by atoms with Gasteiger partial charge in [0.15, 0.2) is 0 Å². The molecule has 0 aromatic heterocycles. The molecule has 110 valence electrons. The monoisotopic (exact) mass is 358 g/mol. The number of carbonyl (C=O) groups is 1. The number of likely N-dealkylation sites (tertiary alicyclic amines) is 1. The van der Waals surface area contributed by atoms with E-state index in [1.54, 1.807) is 0 Å². The number of carbonyl (C=O) groups excluding carboxylic acids is 1. The van der Waals surface area contributed by atoms with E-state index in [1.165, 1.54) is 6.42 Å². The first-order valence-electron chi connectivity index (χ1n) is 6.87. The molecule has 3 rings (SSSR count). The topological polar surface area (TPSA) is 46.3 Å². The number of benzene rings is 1. The molecule has 2 N–H and O–H groups in total. The SMILES string of the molecule is Cc1ccc(C(=O)N2CC3CCC(N)C3C2)c(Br)c1.Cl. The summed E-state index contributed by atoms with van der Waals surface area (Å²) in [4.78, 5) is 14.5. The molecule has 1 amide bonds. The fourth-order valence-electron chi connectivity index (χ4n) is 3.44. The van der Waals surface area contributed by atoms with Gasteiger partial charge in [-0.25, -0.2) is 0 Å². The average Bonchev–Trinajstić information content (AvgIpc) is 2.91. The summed E-state index contributed by atoms with van der Waals surface area (Å²) < 4.78 is 0.888. The Hall–Kier alpha value is -0.580. The summed E-state index contributed by atoms with van der Waals surface area (Å²) in [6.45, 7) is 3.72. The number of hydrogen-bond acceptors (Lipinski definition) is 2. The lowest BCUT2D eigenvalue weighted by molar-refractivity contribution is 0.0778. The molecule has 0 spiro atoms. The number of fused-ring (bicyclic) bond motifs is 1. The van der Waals surface area contributed by atoms with Gasteiger partial charge in [-0.2, -0.15) is 0 Å². The lowest BCUT2D eigenvalue weighted by Gasteiger charge is -2.19. The molecule has 1 saturated carbocycles. The van der Waals surface area contributed by atoms with Crippen LogP contribution in [0.25, 0.3) is 0 Å². The molecule has 1 aromatic carbocycles. The van der Waals surface area contributed by atoms with Gasteiger partial charge >= 0.3 is 0 Å². The van der Waals surface area contributed by atoms with E-state index in [2.05, 4.69) is 15.9 Å². The highest BCUT2D eigenvalue weighted by atomic mass is 79.9. The van der Waals surface area contributed by atoms with Gasteiger partial charge < -0.3 is 10.6 Å². The van der Waals surface area contributed by atoms with Crippen molar-refractivity contribution >= 4 is 34.2 Å². The molecular formula is C15H20BrClN2O. The van der Waals surface area contributed by atoms with Gasteiger partial charge in [0.1, 0.15) is 0 Å². The minimum Gasteiger partial charge on any atom is -0.338 e. The summed E-state index contributed by atoms with van der Waals surface area (Å²) in [5, 5.41) is 0. The maximum atomic E-state index is 12.6. The second kappa shape index (κ2) is 6.04. The Kier molecular flexibility index (Phi) is 4.77. The third-order valence-corrected chi connectivity index (χ3v) is 5.21. The zero-order valence-corrected chi connectivity index (χ0v) is 13.9. The number of hydrogen-bond donors (Lipinski definition) is 1. The summed E-state index contributed by atoms with van der Waals surface area (Å²) in [6.07, 6.45) is 2.29. The minimum absolute atomic E-state index is 0. The van der Waals surface area contributed by atoms with E-state index in [-0.39, 0.29) is 24.4 Å². The molecule has 1 saturated heterocycles. The summed E-state index contributed by atoms with van der Waals surface area (Å²) in [5.41, 5.74) is 8.04.